The molecule has 2 heterocycles. The first-order chi connectivity index (χ1) is 13.1. The third kappa shape index (κ3) is 3.25. The number of carbonyl (C=O) groups excluding carboxylic acids is 1. The van der Waals surface area contributed by atoms with Crippen LogP contribution in [0.25, 0.3) is 5.65 Å². The Morgan fingerprint density at radius 2 is 1.63 bits per heavy atom. The first-order valence-electron chi connectivity index (χ1n) is 8.55. The molecule has 0 radical (unpaired) electrons. The molecule has 2 aromatic carbocycles. The standard InChI is InChI=1S/C21H18N4O2/c1-14-12-18-23-13-17(20(22)25(18)24-14)21(26)27-19(15-8-4-2-5-9-15)16-10-6-3-7-11-16/h2-13,19H,22H2,1H3. The van der Waals surface area contributed by atoms with Crippen LogP contribution in [0.5, 0.6) is 0 Å². The lowest BCUT2D eigenvalue weighted by atomic mass is 10.0. The predicted octanol–water partition coefficient (Wildman–Crippen LogP) is 3.57. The van der Waals surface area contributed by atoms with Crippen molar-refractivity contribution in [2.75, 3.05) is 5.73 Å². The number of benzene rings is 2. The minimum absolute atomic E-state index is 0.183. The SMILES string of the molecule is Cc1cc2ncc(C(=O)OC(c3ccccc3)c3ccccc3)c(N)n2n1. The molecule has 0 amide bonds. The molecule has 0 aliphatic rings. The summed E-state index contributed by atoms with van der Waals surface area (Å²) in [6.07, 6.45) is 0.885. The summed E-state index contributed by atoms with van der Waals surface area (Å²) in [5, 5.41) is 4.27. The van der Waals surface area contributed by atoms with Gasteiger partial charge in [0.25, 0.3) is 0 Å². The van der Waals surface area contributed by atoms with Crippen molar-refractivity contribution in [3.63, 3.8) is 0 Å². The third-order valence-corrected chi connectivity index (χ3v) is 4.29. The fraction of sp³-hybridized carbons (Fsp3) is 0.0952. The Bertz CT molecular complexity index is 1050. The monoisotopic (exact) mass is 358 g/mol. The van der Waals surface area contributed by atoms with Crippen LogP contribution in [-0.2, 0) is 4.74 Å². The predicted molar refractivity (Wildman–Crippen MR) is 102 cm³/mol. The van der Waals surface area contributed by atoms with Gasteiger partial charge in [-0.25, -0.2) is 9.78 Å². The zero-order valence-electron chi connectivity index (χ0n) is 14.7. The summed E-state index contributed by atoms with van der Waals surface area (Å²) < 4.78 is 7.30. The van der Waals surface area contributed by atoms with Crippen LogP contribution in [0.3, 0.4) is 0 Å². The number of fused-ring (bicyclic) bond motifs is 1. The molecule has 0 unspecified atom stereocenters. The Hall–Kier alpha value is -3.67. The second kappa shape index (κ2) is 6.92. The van der Waals surface area contributed by atoms with E-state index in [4.69, 9.17) is 10.5 Å². The number of hydrogen-bond donors (Lipinski definition) is 1. The average molecular weight is 358 g/mol. The van der Waals surface area contributed by atoms with Gasteiger partial charge in [-0.3, -0.25) is 0 Å². The van der Waals surface area contributed by atoms with E-state index in [1.165, 1.54) is 10.7 Å². The van der Waals surface area contributed by atoms with Gasteiger partial charge >= 0.3 is 5.97 Å². The van der Waals surface area contributed by atoms with Crippen molar-refractivity contribution in [2.45, 2.75) is 13.0 Å². The molecule has 0 saturated carbocycles. The molecule has 0 spiro atoms. The fourth-order valence-electron chi connectivity index (χ4n) is 2.98. The quantitative estimate of drug-likeness (QED) is 0.564. The molecule has 0 saturated heterocycles. The van der Waals surface area contributed by atoms with Gasteiger partial charge in [0.05, 0.1) is 5.69 Å². The highest BCUT2D eigenvalue weighted by molar-refractivity contribution is 5.94. The summed E-state index contributed by atoms with van der Waals surface area (Å²) in [5.41, 5.74) is 9.43. The van der Waals surface area contributed by atoms with Crippen molar-refractivity contribution >= 4 is 17.4 Å². The average Bonchev–Trinajstić information content (AvgIpc) is 3.09. The number of ether oxygens (including phenoxy) is 1. The van der Waals surface area contributed by atoms with Crippen LogP contribution in [0.4, 0.5) is 5.82 Å². The molecular weight excluding hydrogens is 340 g/mol. The first kappa shape index (κ1) is 16.8. The molecule has 134 valence electrons. The lowest BCUT2D eigenvalue weighted by Gasteiger charge is -2.19. The zero-order valence-corrected chi connectivity index (χ0v) is 14.7. The van der Waals surface area contributed by atoms with Gasteiger partial charge < -0.3 is 10.5 Å². The van der Waals surface area contributed by atoms with E-state index in [1.807, 2.05) is 67.6 Å². The second-order valence-corrected chi connectivity index (χ2v) is 6.22. The molecule has 0 aliphatic heterocycles. The van der Waals surface area contributed by atoms with Gasteiger partial charge in [0.15, 0.2) is 11.8 Å². The third-order valence-electron chi connectivity index (χ3n) is 4.29. The molecule has 6 heteroatoms. The maximum Gasteiger partial charge on any atom is 0.344 e. The normalized spacial score (nSPS) is 11.0. The van der Waals surface area contributed by atoms with Gasteiger partial charge in [0, 0.05) is 12.3 Å². The summed E-state index contributed by atoms with van der Waals surface area (Å²) in [7, 11) is 0. The van der Waals surface area contributed by atoms with Gasteiger partial charge in [-0.2, -0.15) is 9.61 Å². The van der Waals surface area contributed by atoms with Gasteiger partial charge in [-0.05, 0) is 18.1 Å². The van der Waals surface area contributed by atoms with Crippen LogP contribution in [-0.4, -0.2) is 20.6 Å². The van der Waals surface area contributed by atoms with Crippen molar-refractivity contribution in [3.8, 4) is 0 Å². The van der Waals surface area contributed by atoms with Gasteiger partial charge in [-0.15, -0.1) is 0 Å². The Labute approximate surface area is 156 Å². The topological polar surface area (TPSA) is 82.5 Å². The Morgan fingerprint density at radius 1 is 1.04 bits per heavy atom. The zero-order chi connectivity index (χ0) is 18.8. The van der Waals surface area contributed by atoms with Crippen molar-refractivity contribution in [3.05, 3.63) is 95.3 Å². The lowest BCUT2D eigenvalue weighted by molar-refractivity contribution is 0.0378. The van der Waals surface area contributed by atoms with Crippen LogP contribution in [0.15, 0.2) is 72.9 Å². The highest BCUT2D eigenvalue weighted by Crippen LogP contribution is 2.28. The number of esters is 1. The Balaban J connectivity index is 1.71. The maximum atomic E-state index is 12.9. The largest absolute Gasteiger partial charge is 0.449 e. The minimum Gasteiger partial charge on any atom is -0.449 e. The van der Waals surface area contributed by atoms with E-state index in [0.29, 0.717) is 5.65 Å². The summed E-state index contributed by atoms with van der Waals surface area (Å²) in [5.74, 6) is -0.342. The fourth-order valence-corrected chi connectivity index (χ4v) is 2.98. The van der Waals surface area contributed by atoms with Crippen LogP contribution >= 0.6 is 0 Å². The van der Waals surface area contributed by atoms with Gasteiger partial charge in [-0.1, -0.05) is 60.7 Å². The number of nitrogens with zero attached hydrogens (tertiary/aromatic N) is 3. The van der Waals surface area contributed by atoms with Gasteiger partial charge in [0.2, 0.25) is 0 Å². The smallest absolute Gasteiger partial charge is 0.344 e. The molecule has 0 bridgehead atoms. The molecular formula is C21H18N4O2. The van der Waals surface area contributed by atoms with E-state index >= 15 is 0 Å². The maximum absolute atomic E-state index is 12.9. The number of carbonyl (C=O) groups is 1. The van der Waals surface area contributed by atoms with Crippen molar-refractivity contribution in [1.29, 1.82) is 0 Å². The molecule has 27 heavy (non-hydrogen) atoms. The molecule has 6 nitrogen and oxygen atoms in total. The molecule has 4 rings (SSSR count). The summed E-state index contributed by atoms with van der Waals surface area (Å²) in [4.78, 5) is 17.1. The van der Waals surface area contributed by atoms with Crippen molar-refractivity contribution in [1.82, 2.24) is 14.6 Å². The lowest BCUT2D eigenvalue weighted by Crippen LogP contribution is -2.16. The number of nitrogens with two attached hydrogens (primary N) is 1. The number of aryl methyl sites for hydroxylation is 1. The summed E-state index contributed by atoms with van der Waals surface area (Å²) >= 11 is 0. The Morgan fingerprint density at radius 3 is 2.22 bits per heavy atom. The molecule has 0 fully saturated rings. The minimum atomic E-state index is -0.548. The molecule has 0 aliphatic carbocycles. The number of hydrogen-bond acceptors (Lipinski definition) is 5. The molecule has 4 aromatic rings. The molecule has 2 N–H and O–H groups in total. The van der Waals surface area contributed by atoms with E-state index in [9.17, 15) is 4.79 Å². The van der Waals surface area contributed by atoms with Crippen LogP contribution in [0.2, 0.25) is 0 Å². The van der Waals surface area contributed by atoms with E-state index in [2.05, 4.69) is 10.1 Å². The molecule has 0 atom stereocenters. The number of anilines is 1. The summed E-state index contributed by atoms with van der Waals surface area (Å²) in [6.45, 7) is 1.84. The number of aromatic nitrogens is 3. The van der Waals surface area contributed by atoms with E-state index in [0.717, 1.165) is 16.8 Å². The van der Waals surface area contributed by atoms with Crippen LogP contribution < -0.4 is 5.73 Å². The van der Waals surface area contributed by atoms with Crippen LogP contribution in [0.1, 0.15) is 33.3 Å². The highest BCUT2D eigenvalue weighted by atomic mass is 16.5. The van der Waals surface area contributed by atoms with E-state index in [-0.39, 0.29) is 11.4 Å². The van der Waals surface area contributed by atoms with Crippen molar-refractivity contribution < 1.29 is 9.53 Å². The number of rotatable bonds is 4. The second-order valence-electron chi connectivity index (χ2n) is 6.22. The van der Waals surface area contributed by atoms with Crippen LogP contribution in [0, 0.1) is 6.92 Å². The van der Waals surface area contributed by atoms with Crippen molar-refractivity contribution in [2.24, 2.45) is 0 Å². The Kier molecular flexibility index (Phi) is 4.30. The molecule has 2 aromatic heterocycles. The number of nitrogen functional groups attached to an aromatic ring is 1. The highest BCUT2D eigenvalue weighted by Gasteiger charge is 2.23. The van der Waals surface area contributed by atoms with E-state index < -0.39 is 12.1 Å². The van der Waals surface area contributed by atoms with Gasteiger partial charge in [0.1, 0.15) is 11.4 Å². The summed E-state index contributed by atoms with van der Waals surface area (Å²) in [6, 6.07) is 21.0. The first-order valence-corrected chi connectivity index (χ1v) is 8.55. The van der Waals surface area contributed by atoms with E-state index in [1.54, 1.807) is 6.07 Å².